The highest BCUT2D eigenvalue weighted by molar-refractivity contribution is 7.15. The molecule has 1 aromatic heterocycles. The van der Waals surface area contributed by atoms with Crippen LogP contribution in [0.4, 0.5) is 9.93 Å². The third-order valence-corrected chi connectivity index (χ3v) is 6.38. The fourth-order valence-electron chi connectivity index (χ4n) is 3.60. The molecule has 0 unspecified atom stereocenters. The number of aromatic nitrogens is 2. The molecule has 2 aromatic rings. The van der Waals surface area contributed by atoms with Crippen LogP contribution in [0.15, 0.2) is 24.3 Å². The van der Waals surface area contributed by atoms with Crippen molar-refractivity contribution in [2.24, 2.45) is 0 Å². The van der Waals surface area contributed by atoms with Gasteiger partial charge in [0, 0.05) is 24.9 Å². The van der Waals surface area contributed by atoms with E-state index in [4.69, 9.17) is 4.74 Å². The molecule has 1 atom stereocenters. The third-order valence-electron chi connectivity index (χ3n) is 5.38. The largest absolute Gasteiger partial charge is 0.497 e. The number of carbonyl (C=O) groups excluding carboxylic acids is 1. The van der Waals surface area contributed by atoms with E-state index in [1.54, 1.807) is 7.11 Å². The summed E-state index contributed by atoms with van der Waals surface area (Å²) in [6.07, 6.45) is 5.74. The van der Waals surface area contributed by atoms with Crippen molar-refractivity contribution in [2.45, 2.75) is 43.9 Å². The maximum atomic E-state index is 12.7. The van der Waals surface area contributed by atoms with Gasteiger partial charge in [0.15, 0.2) is 0 Å². The van der Waals surface area contributed by atoms with Crippen LogP contribution in [-0.4, -0.2) is 41.3 Å². The van der Waals surface area contributed by atoms with Crippen molar-refractivity contribution in [3.63, 3.8) is 0 Å². The first-order valence-corrected chi connectivity index (χ1v) is 10.1. The molecule has 1 saturated carbocycles. The van der Waals surface area contributed by atoms with Crippen LogP contribution in [0, 0.1) is 0 Å². The maximum Gasteiger partial charge on any atom is 0.323 e. The lowest BCUT2D eigenvalue weighted by atomic mass is 9.86. The quantitative estimate of drug-likeness (QED) is 0.872. The number of hydrogen-bond acceptors (Lipinski definition) is 5. The Hall–Kier alpha value is -2.15. The SMILES string of the molecule is COc1cccc([C@@H]2CCCN(C(=O)Nc3nnc(C4CCC4)s3)C2)c1. The number of methoxy groups -OCH3 is 1. The van der Waals surface area contributed by atoms with Crippen LogP contribution in [0.5, 0.6) is 5.75 Å². The summed E-state index contributed by atoms with van der Waals surface area (Å²) >= 11 is 1.51. The molecular formula is C19H24N4O2S. The van der Waals surface area contributed by atoms with E-state index in [2.05, 4.69) is 27.6 Å². The van der Waals surface area contributed by atoms with E-state index in [0.29, 0.717) is 23.5 Å². The monoisotopic (exact) mass is 372 g/mol. The molecule has 6 nitrogen and oxygen atoms in total. The molecule has 1 aromatic carbocycles. The van der Waals surface area contributed by atoms with E-state index in [0.717, 1.165) is 30.1 Å². The second-order valence-electron chi connectivity index (χ2n) is 7.07. The number of piperidine rings is 1. The third kappa shape index (κ3) is 3.67. The number of nitrogens with zero attached hydrogens (tertiary/aromatic N) is 3. The van der Waals surface area contributed by atoms with Crippen LogP contribution in [0.2, 0.25) is 0 Å². The van der Waals surface area contributed by atoms with Crippen molar-refractivity contribution in [1.29, 1.82) is 0 Å². The summed E-state index contributed by atoms with van der Waals surface area (Å²) in [6, 6.07) is 8.07. The van der Waals surface area contributed by atoms with Gasteiger partial charge in [0.25, 0.3) is 0 Å². The van der Waals surface area contributed by atoms with Gasteiger partial charge in [-0.05, 0) is 43.4 Å². The van der Waals surface area contributed by atoms with Crippen molar-refractivity contribution in [1.82, 2.24) is 15.1 Å². The lowest BCUT2D eigenvalue weighted by Gasteiger charge is -2.32. The number of hydrogen-bond donors (Lipinski definition) is 1. The smallest absolute Gasteiger partial charge is 0.323 e. The van der Waals surface area contributed by atoms with Crippen LogP contribution in [0.25, 0.3) is 0 Å². The lowest BCUT2D eigenvalue weighted by molar-refractivity contribution is 0.192. The Kier molecular flexibility index (Phi) is 5.06. The summed E-state index contributed by atoms with van der Waals surface area (Å²) in [5.41, 5.74) is 1.23. The second-order valence-corrected chi connectivity index (χ2v) is 8.07. The zero-order valence-electron chi connectivity index (χ0n) is 15.0. The lowest BCUT2D eigenvalue weighted by Crippen LogP contribution is -2.41. The minimum absolute atomic E-state index is 0.0751. The molecule has 1 N–H and O–H groups in total. The molecule has 0 bridgehead atoms. The Balaban J connectivity index is 1.38. The standard InChI is InChI=1S/C19H24N4O2S/c1-25-16-9-3-7-14(11-16)15-8-4-10-23(12-15)19(24)20-18-22-21-17(26-18)13-5-2-6-13/h3,7,9,11,13,15H,2,4-6,8,10,12H2,1H3,(H,20,22,24)/t15-/m1/s1. The summed E-state index contributed by atoms with van der Waals surface area (Å²) in [4.78, 5) is 14.5. The molecule has 0 spiro atoms. The topological polar surface area (TPSA) is 67.3 Å². The van der Waals surface area contributed by atoms with Crippen LogP contribution in [0.3, 0.4) is 0 Å². The highest BCUT2D eigenvalue weighted by atomic mass is 32.1. The number of urea groups is 1. The predicted molar refractivity (Wildman–Crippen MR) is 102 cm³/mol. The van der Waals surface area contributed by atoms with Crippen LogP contribution >= 0.6 is 11.3 Å². The minimum atomic E-state index is -0.0751. The number of carbonyl (C=O) groups is 1. The van der Waals surface area contributed by atoms with Gasteiger partial charge in [-0.2, -0.15) is 0 Å². The Morgan fingerprint density at radius 1 is 1.23 bits per heavy atom. The van der Waals surface area contributed by atoms with Crippen LogP contribution in [-0.2, 0) is 0 Å². The molecule has 7 heteroatoms. The van der Waals surface area contributed by atoms with E-state index >= 15 is 0 Å². The highest BCUT2D eigenvalue weighted by Gasteiger charge is 2.27. The molecular weight excluding hydrogens is 348 g/mol. The van der Waals surface area contributed by atoms with E-state index in [9.17, 15) is 4.79 Å². The van der Waals surface area contributed by atoms with Crippen molar-refractivity contribution < 1.29 is 9.53 Å². The van der Waals surface area contributed by atoms with Crippen molar-refractivity contribution in [3.8, 4) is 5.75 Å². The molecule has 2 heterocycles. The molecule has 0 radical (unpaired) electrons. The van der Waals surface area contributed by atoms with Crippen molar-refractivity contribution >= 4 is 22.5 Å². The van der Waals surface area contributed by atoms with Gasteiger partial charge in [-0.25, -0.2) is 4.79 Å². The molecule has 1 aliphatic carbocycles. The first-order chi connectivity index (χ1) is 12.7. The molecule has 4 rings (SSSR count). The minimum Gasteiger partial charge on any atom is -0.497 e. The normalized spacial score (nSPS) is 20.5. The van der Waals surface area contributed by atoms with Gasteiger partial charge in [0.05, 0.1) is 7.11 Å². The van der Waals surface area contributed by atoms with Gasteiger partial charge in [0.1, 0.15) is 10.8 Å². The Morgan fingerprint density at radius 2 is 2.08 bits per heavy atom. The summed E-state index contributed by atoms with van der Waals surface area (Å²) in [5.74, 6) is 1.75. The van der Waals surface area contributed by atoms with E-state index < -0.39 is 0 Å². The summed E-state index contributed by atoms with van der Waals surface area (Å²) in [5, 5.41) is 13.0. The summed E-state index contributed by atoms with van der Waals surface area (Å²) in [6.45, 7) is 1.49. The maximum absolute atomic E-state index is 12.7. The highest BCUT2D eigenvalue weighted by Crippen LogP contribution is 2.38. The van der Waals surface area contributed by atoms with Gasteiger partial charge in [-0.1, -0.05) is 29.9 Å². The Labute approximate surface area is 157 Å². The fraction of sp³-hybridized carbons (Fsp3) is 0.526. The van der Waals surface area contributed by atoms with Gasteiger partial charge in [0.2, 0.25) is 5.13 Å². The first-order valence-electron chi connectivity index (χ1n) is 9.26. The Morgan fingerprint density at radius 3 is 2.85 bits per heavy atom. The molecule has 2 fully saturated rings. The van der Waals surface area contributed by atoms with E-state index in [-0.39, 0.29) is 6.03 Å². The molecule has 138 valence electrons. The van der Waals surface area contributed by atoms with Crippen LogP contribution in [0.1, 0.15) is 54.5 Å². The van der Waals surface area contributed by atoms with Crippen molar-refractivity contribution in [2.75, 3.05) is 25.5 Å². The molecule has 1 aliphatic heterocycles. The zero-order valence-corrected chi connectivity index (χ0v) is 15.8. The van der Waals surface area contributed by atoms with Gasteiger partial charge in [-0.3, -0.25) is 5.32 Å². The number of rotatable bonds is 4. The van der Waals surface area contributed by atoms with Crippen molar-refractivity contribution in [3.05, 3.63) is 34.8 Å². The summed E-state index contributed by atoms with van der Waals surface area (Å²) < 4.78 is 5.33. The zero-order chi connectivity index (χ0) is 17.9. The van der Waals surface area contributed by atoms with E-state index in [1.165, 1.54) is 36.2 Å². The molecule has 2 amide bonds. The number of likely N-dealkylation sites (tertiary alicyclic amines) is 1. The molecule has 1 saturated heterocycles. The fourth-order valence-corrected chi connectivity index (χ4v) is 4.51. The number of amides is 2. The van der Waals surface area contributed by atoms with Gasteiger partial charge < -0.3 is 9.64 Å². The number of benzene rings is 1. The van der Waals surface area contributed by atoms with Crippen LogP contribution < -0.4 is 10.1 Å². The Bertz CT molecular complexity index is 774. The molecule has 26 heavy (non-hydrogen) atoms. The summed E-state index contributed by atoms with van der Waals surface area (Å²) in [7, 11) is 1.68. The van der Waals surface area contributed by atoms with Gasteiger partial charge in [-0.15, -0.1) is 10.2 Å². The average Bonchev–Trinajstić information content (AvgIpc) is 3.08. The number of ether oxygens (including phenoxy) is 1. The second kappa shape index (κ2) is 7.61. The predicted octanol–water partition coefficient (Wildman–Crippen LogP) is 4.23. The number of nitrogens with one attached hydrogen (secondary N) is 1. The van der Waals surface area contributed by atoms with E-state index in [1.807, 2.05) is 17.0 Å². The average molecular weight is 372 g/mol. The molecule has 2 aliphatic rings. The van der Waals surface area contributed by atoms with Gasteiger partial charge >= 0.3 is 6.03 Å². The number of anilines is 1. The first kappa shape index (κ1) is 17.3.